The van der Waals surface area contributed by atoms with Crippen molar-refractivity contribution in [2.45, 2.75) is 18.7 Å². The third-order valence-electron chi connectivity index (χ3n) is 4.60. The van der Waals surface area contributed by atoms with Crippen LogP contribution in [-0.4, -0.2) is 55.5 Å². The molecule has 0 saturated carbocycles. The number of sulfonamides is 1. The summed E-state index contributed by atoms with van der Waals surface area (Å²) in [6, 6.07) is 9.91. The Morgan fingerprint density at radius 1 is 1.00 bits per heavy atom. The minimum atomic E-state index is -3.64. The van der Waals surface area contributed by atoms with Gasteiger partial charge in [0.05, 0.1) is 4.90 Å². The largest absolute Gasteiger partial charge is 0.337 e. The number of nitrogens with zero attached hydrogens (tertiary/aromatic N) is 2. The molecule has 0 N–H and O–H groups in total. The van der Waals surface area contributed by atoms with E-state index in [9.17, 15) is 18.0 Å². The van der Waals surface area contributed by atoms with Crippen LogP contribution in [0, 0.1) is 6.92 Å². The monoisotopic (exact) mass is 418 g/mol. The number of hydrogen-bond donors (Lipinski definition) is 0. The number of Topliss-reactive ketones (excluding diaryl/α,β-unsaturated/α-hetero) is 1. The van der Waals surface area contributed by atoms with E-state index in [0.29, 0.717) is 18.7 Å². The maximum atomic E-state index is 12.8. The van der Waals surface area contributed by atoms with Gasteiger partial charge in [-0.1, -0.05) is 12.1 Å². The van der Waals surface area contributed by atoms with Crippen LogP contribution in [0.15, 0.2) is 47.4 Å². The van der Waals surface area contributed by atoms with Crippen LogP contribution in [0.1, 0.15) is 27.0 Å². The van der Waals surface area contributed by atoms with Crippen LogP contribution in [0.25, 0.3) is 6.08 Å². The Labute approximate surface area is 169 Å². The number of ketones is 1. The van der Waals surface area contributed by atoms with E-state index in [1.165, 1.54) is 46.4 Å². The van der Waals surface area contributed by atoms with Gasteiger partial charge in [0.25, 0.3) is 0 Å². The molecule has 148 valence electrons. The molecule has 0 aliphatic carbocycles. The molecule has 3 rings (SSSR count). The number of aryl methyl sites for hydroxylation is 1. The number of rotatable bonds is 5. The highest BCUT2D eigenvalue weighted by Gasteiger charge is 2.29. The molecule has 28 heavy (non-hydrogen) atoms. The highest BCUT2D eigenvalue weighted by Crippen LogP contribution is 2.19. The summed E-state index contributed by atoms with van der Waals surface area (Å²) in [5, 5.41) is 0. The molecule has 1 aliphatic rings. The second-order valence-corrected chi connectivity index (χ2v) is 9.85. The predicted octanol–water partition coefficient (Wildman–Crippen LogP) is 2.81. The fourth-order valence-electron chi connectivity index (χ4n) is 2.96. The van der Waals surface area contributed by atoms with Crippen LogP contribution in [0.5, 0.6) is 0 Å². The normalized spacial score (nSPS) is 15.9. The summed E-state index contributed by atoms with van der Waals surface area (Å²) < 4.78 is 26.9. The van der Waals surface area contributed by atoms with Gasteiger partial charge >= 0.3 is 0 Å². The number of amides is 1. The van der Waals surface area contributed by atoms with Crippen LogP contribution < -0.4 is 0 Å². The molecule has 0 unspecified atom stereocenters. The molecule has 1 aromatic heterocycles. The fourth-order valence-corrected chi connectivity index (χ4v) is 5.16. The zero-order chi connectivity index (χ0) is 20.3. The van der Waals surface area contributed by atoms with Crippen molar-refractivity contribution in [3.63, 3.8) is 0 Å². The summed E-state index contributed by atoms with van der Waals surface area (Å²) in [6.07, 6.45) is 3.33. The van der Waals surface area contributed by atoms with E-state index in [1.807, 2.05) is 19.1 Å². The Bertz CT molecular complexity index is 999. The van der Waals surface area contributed by atoms with Gasteiger partial charge in [0.1, 0.15) is 0 Å². The Kier molecular flexibility index (Phi) is 6.12. The second kappa shape index (κ2) is 8.38. The molecule has 2 heterocycles. The van der Waals surface area contributed by atoms with Gasteiger partial charge in [-0.05, 0) is 44.2 Å². The average molecular weight is 419 g/mol. The lowest BCUT2D eigenvalue weighted by Gasteiger charge is -2.33. The first-order chi connectivity index (χ1) is 13.3. The second-order valence-electron chi connectivity index (χ2n) is 6.59. The Morgan fingerprint density at radius 2 is 1.64 bits per heavy atom. The highest BCUT2D eigenvalue weighted by molar-refractivity contribution is 7.89. The van der Waals surface area contributed by atoms with E-state index >= 15 is 0 Å². The van der Waals surface area contributed by atoms with Crippen LogP contribution in [0.4, 0.5) is 0 Å². The van der Waals surface area contributed by atoms with Crippen molar-refractivity contribution >= 4 is 39.1 Å². The van der Waals surface area contributed by atoms with E-state index in [4.69, 9.17) is 0 Å². The number of carbonyl (C=O) groups is 2. The summed E-state index contributed by atoms with van der Waals surface area (Å²) >= 11 is 1.61. The fraction of sp³-hybridized carbons (Fsp3) is 0.300. The zero-order valence-electron chi connectivity index (χ0n) is 15.8. The van der Waals surface area contributed by atoms with Crippen molar-refractivity contribution in [2.24, 2.45) is 0 Å². The molecule has 6 nitrogen and oxygen atoms in total. The molecule has 1 aromatic carbocycles. The molecular formula is C20H22N2O4S2. The molecule has 1 amide bonds. The first-order valence-electron chi connectivity index (χ1n) is 8.92. The van der Waals surface area contributed by atoms with E-state index < -0.39 is 10.0 Å². The third kappa shape index (κ3) is 4.57. The molecule has 1 saturated heterocycles. The standard InChI is InChI=1S/C20H22N2O4S2/c1-15-3-6-18(27-15)7-10-20(24)21-11-13-22(14-12-21)28(25,26)19-8-4-17(5-9-19)16(2)23/h3-10H,11-14H2,1-2H3. The lowest BCUT2D eigenvalue weighted by atomic mass is 10.2. The van der Waals surface area contributed by atoms with Gasteiger partial charge in [0, 0.05) is 47.6 Å². The van der Waals surface area contributed by atoms with Gasteiger partial charge in [-0.25, -0.2) is 8.42 Å². The molecule has 1 fully saturated rings. The van der Waals surface area contributed by atoms with Crippen molar-refractivity contribution in [2.75, 3.05) is 26.2 Å². The molecule has 0 radical (unpaired) electrons. The Hall–Kier alpha value is -2.29. The van der Waals surface area contributed by atoms with Crippen LogP contribution in [0.3, 0.4) is 0 Å². The van der Waals surface area contributed by atoms with Crippen molar-refractivity contribution in [1.29, 1.82) is 0 Å². The zero-order valence-corrected chi connectivity index (χ0v) is 17.4. The van der Waals surface area contributed by atoms with Crippen molar-refractivity contribution in [3.05, 3.63) is 57.8 Å². The van der Waals surface area contributed by atoms with Gasteiger partial charge in [-0.3, -0.25) is 9.59 Å². The van der Waals surface area contributed by atoms with Gasteiger partial charge in [-0.15, -0.1) is 11.3 Å². The van der Waals surface area contributed by atoms with Gasteiger partial charge in [0.2, 0.25) is 15.9 Å². The topological polar surface area (TPSA) is 74.8 Å². The van der Waals surface area contributed by atoms with Crippen molar-refractivity contribution in [1.82, 2.24) is 9.21 Å². The lowest BCUT2D eigenvalue weighted by molar-refractivity contribution is -0.127. The molecule has 0 bridgehead atoms. The summed E-state index contributed by atoms with van der Waals surface area (Å²) in [5.41, 5.74) is 0.474. The quantitative estimate of drug-likeness (QED) is 0.553. The molecular weight excluding hydrogens is 396 g/mol. The summed E-state index contributed by atoms with van der Waals surface area (Å²) in [5.74, 6) is -0.226. The maximum absolute atomic E-state index is 12.8. The SMILES string of the molecule is CC(=O)c1ccc(S(=O)(=O)N2CCN(C(=O)C=Cc3ccc(C)s3)CC2)cc1. The van der Waals surface area contributed by atoms with E-state index in [1.54, 1.807) is 22.3 Å². The van der Waals surface area contributed by atoms with Gasteiger partial charge < -0.3 is 4.90 Å². The van der Waals surface area contributed by atoms with Crippen molar-refractivity contribution < 1.29 is 18.0 Å². The molecule has 0 spiro atoms. The maximum Gasteiger partial charge on any atom is 0.246 e. The molecule has 8 heteroatoms. The summed E-state index contributed by atoms with van der Waals surface area (Å²) in [4.78, 5) is 27.7. The minimum absolute atomic E-state index is 0.109. The van der Waals surface area contributed by atoms with Crippen LogP contribution >= 0.6 is 11.3 Å². The number of carbonyl (C=O) groups excluding carboxylic acids is 2. The lowest BCUT2D eigenvalue weighted by Crippen LogP contribution is -2.50. The number of benzene rings is 1. The predicted molar refractivity (Wildman–Crippen MR) is 110 cm³/mol. The van der Waals surface area contributed by atoms with Crippen LogP contribution in [-0.2, 0) is 14.8 Å². The first kappa shape index (κ1) is 20.4. The average Bonchev–Trinajstić information content (AvgIpc) is 3.11. The van der Waals surface area contributed by atoms with Gasteiger partial charge in [0.15, 0.2) is 5.78 Å². The van der Waals surface area contributed by atoms with Crippen molar-refractivity contribution in [3.8, 4) is 0 Å². The molecule has 2 aromatic rings. The molecule has 0 atom stereocenters. The highest BCUT2D eigenvalue weighted by atomic mass is 32.2. The minimum Gasteiger partial charge on any atom is -0.337 e. The van der Waals surface area contributed by atoms with Gasteiger partial charge in [-0.2, -0.15) is 4.31 Å². The summed E-state index contributed by atoms with van der Waals surface area (Å²) in [6.45, 7) is 4.63. The summed E-state index contributed by atoms with van der Waals surface area (Å²) in [7, 11) is -3.64. The third-order valence-corrected chi connectivity index (χ3v) is 7.48. The number of piperazine rings is 1. The van der Waals surface area contributed by atoms with E-state index in [0.717, 1.165) is 4.88 Å². The smallest absolute Gasteiger partial charge is 0.246 e. The Morgan fingerprint density at radius 3 is 2.18 bits per heavy atom. The number of thiophene rings is 1. The van der Waals surface area contributed by atoms with Crippen LogP contribution in [0.2, 0.25) is 0 Å². The van der Waals surface area contributed by atoms with E-state index in [-0.39, 0.29) is 29.7 Å². The van der Waals surface area contributed by atoms with E-state index in [2.05, 4.69) is 0 Å². The first-order valence-corrected chi connectivity index (χ1v) is 11.2. The molecule has 1 aliphatic heterocycles. The Balaban J connectivity index is 1.61. The number of hydrogen-bond acceptors (Lipinski definition) is 5.